The maximum absolute atomic E-state index is 10.4. The first kappa shape index (κ1) is 12.8. The highest BCUT2D eigenvalue weighted by atomic mass is 16.7. The average Bonchev–Trinajstić information content (AvgIpc) is 3.10. The van der Waals surface area contributed by atoms with Crippen LogP contribution in [0.3, 0.4) is 0 Å². The van der Waals surface area contributed by atoms with Gasteiger partial charge in [-0.1, -0.05) is 0 Å². The highest BCUT2D eigenvalue weighted by molar-refractivity contribution is 5.00. The normalized spacial score (nSPS) is 33.5. The van der Waals surface area contributed by atoms with Crippen LogP contribution in [0.5, 0.6) is 0 Å². The fraction of sp³-hybridized carbons (Fsp3) is 0.786. The van der Waals surface area contributed by atoms with Gasteiger partial charge in [-0.3, -0.25) is 4.90 Å². The average molecular weight is 279 g/mol. The monoisotopic (exact) mass is 279 g/mol. The lowest BCUT2D eigenvalue weighted by atomic mass is 9.86. The molecular formula is C14H21N3O3. The molecule has 0 radical (unpaired) electrons. The van der Waals surface area contributed by atoms with Crippen molar-refractivity contribution in [2.45, 2.75) is 50.3 Å². The van der Waals surface area contributed by atoms with Crippen LogP contribution >= 0.6 is 0 Å². The van der Waals surface area contributed by atoms with E-state index in [1.807, 2.05) is 12.4 Å². The van der Waals surface area contributed by atoms with Gasteiger partial charge in [0, 0.05) is 44.4 Å². The Morgan fingerprint density at radius 1 is 1.30 bits per heavy atom. The van der Waals surface area contributed by atoms with Gasteiger partial charge in [0.15, 0.2) is 5.79 Å². The Hall–Kier alpha value is -0.950. The van der Waals surface area contributed by atoms with Gasteiger partial charge in [-0.2, -0.15) is 0 Å². The summed E-state index contributed by atoms with van der Waals surface area (Å²) in [6, 6.07) is 0.104. The maximum atomic E-state index is 10.4. The van der Waals surface area contributed by atoms with Gasteiger partial charge < -0.3 is 19.1 Å². The smallest absolute Gasteiger partial charge is 0.170 e. The van der Waals surface area contributed by atoms with Crippen molar-refractivity contribution >= 4 is 0 Å². The Balaban J connectivity index is 1.52. The molecule has 1 aliphatic carbocycles. The van der Waals surface area contributed by atoms with E-state index in [4.69, 9.17) is 9.47 Å². The fourth-order valence-electron chi connectivity index (χ4n) is 3.72. The van der Waals surface area contributed by atoms with Crippen molar-refractivity contribution in [2.75, 3.05) is 19.8 Å². The van der Waals surface area contributed by atoms with E-state index < -0.39 is 5.79 Å². The van der Waals surface area contributed by atoms with Gasteiger partial charge in [-0.05, 0) is 6.42 Å². The molecule has 20 heavy (non-hydrogen) atoms. The third kappa shape index (κ3) is 2.07. The summed E-state index contributed by atoms with van der Waals surface area (Å²) in [5, 5.41) is 10.4. The minimum Gasteiger partial charge on any atom is -0.391 e. The van der Waals surface area contributed by atoms with Gasteiger partial charge >= 0.3 is 0 Å². The van der Waals surface area contributed by atoms with Gasteiger partial charge in [-0.25, -0.2) is 4.98 Å². The Kier molecular flexibility index (Phi) is 3.07. The number of hydrogen-bond donors (Lipinski definition) is 1. The molecule has 6 nitrogen and oxygen atoms in total. The van der Waals surface area contributed by atoms with Crippen molar-refractivity contribution in [3.63, 3.8) is 0 Å². The van der Waals surface area contributed by atoms with E-state index in [1.165, 1.54) is 0 Å². The number of imidazole rings is 1. The van der Waals surface area contributed by atoms with Crippen molar-refractivity contribution in [2.24, 2.45) is 0 Å². The number of fused-ring (bicyclic) bond motifs is 1. The van der Waals surface area contributed by atoms with Crippen LogP contribution in [-0.2, 0) is 22.6 Å². The molecule has 0 bridgehead atoms. The molecule has 0 amide bonds. The molecule has 1 saturated heterocycles. The van der Waals surface area contributed by atoms with E-state index in [0.717, 1.165) is 44.7 Å². The first-order chi connectivity index (χ1) is 9.76. The molecule has 110 valence electrons. The van der Waals surface area contributed by atoms with Crippen molar-refractivity contribution < 1.29 is 14.6 Å². The van der Waals surface area contributed by atoms with Crippen LogP contribution < -0.4 is 0 Å². The summed E-state index contributed by atoms with van der Waals surface area (Å²) in [7, 11) is 0. The molecule has 1 saturated carbocycles. The molecule has 0 aromatic carbocycles. The SMILES string of the molecule is OC1CCC2(CC1N1CCn3ccnc3C1)OCCO2. The van der Waals surface area contributed by atoms with Crippen molar-refractivity contribution in [1.82, 2.24) is 14.5 Å². The number of ether oxygens (including phenoxy) is 2. The Morgan fingerprint density at radius 3 is 3.00 bits per heavy atom. The van der Waals surface area contributed by atoms with Crippen LogP contribution in [0.1, 0.15) is 25.1 Å². The molecule has 1 aromatic heterocycles. The molecule has 1 N–H and O–H groups in total. The van der Waals surface area contributed by atoms with E-state index in [1.54, 1.807) is 0 Å². The summed E-state index contributed by atoms with van der Waals surface area (Å²) >= 11 is 0. The number of aliphatic hydroxyl groups excluding tert-OH is 1. The molecule has 4 rings (SSSR count). The summed E-state index contributed by atoms with van der Waals surface area (Å²) < 4.78 is 13.8. The minimum atomic E-state index is -0.448. The zero-order valence-electron chi connectivity index (χ0n) is 11.6. The summed E-state index contributed by atoms with van der Waals surface area (Å²) in [4.78, 5) is 6.73. The van der Waals surface area contributed by atoms with E-state index in [-0.39, 0.29) is 12.1 Å². The second kappa shape index (κ2) is 4.80. The lowest BCUT2D eigenvalue weighted by Gasteiger charge is -2.45. The zero-order chi connectivity index (χ0) is 13.6. The van der Waals surface area contributed by atoms with Crippen molar-refractivity contribution in [1.29, 1.82) is 0 Å². The molecule has 1 aromatic rings. The van der Waals surface area contributed by atoms with Crippen LogP contribution in [0.15, 0.2) is 12.4 Å². The molecule has 1 spiro atoms. The largest absolute Gasteiger partial charge is 0.391 e. The first-order valence-corrected chi connectivity index (χ1v) is 7.46. The van der Waals surface area contributed by atoms with Gasteiger partial charge in [0.05, 0.1) is 25.9 Å². The predicted octanol–water partition coefficient (Wildman–Crippen LogP) is 0.355. The summed E-state index contributed by atoms with van der Waals surface area (Å²) in [6.45, 7) is 4.03. The first-order valence-electron chi connectivity index (χ1n) is 7.46. The second-order valence-corrected chi connectivity index (χ2v) is 5.99. The highest BCUT2D eigenvalue weighted by Crippen LogP contribution is 2.38. The number of rotatable bonds is 1. The maximum Gasteiger partial charge on any atom is 0.170 e. The number of hydrogen-bond acceptors (Lipinski definition) is 5. The highest BCUT2D eigenvalue weighted by Gasteiger charge is 2.46. The topological polar surface area (TPSA) is 59.8 Å². The Bertz CT molecular complexity index is 484. The Labute approximate surface area is 118 Å². The van der Waals surface area contributed by atoms with Crippen LogP contribution in [0.25, 0.3) is 0 Å². The minimum absolute atomic E-state index is 0.104. The van der Waals surface area contributed by atoms with E-state index in [2.05, 4.69) is 14.5 Å². The molecule has 2 unspecified atom stereocenters. The number of aliphatic hydroxyl groups is 1. The lowest BCUT2D eigenvalue weighted by molar-refractivity contribution is -0.206. The van der Waals surface area contributed by atoms with Gasteiger partial charge in [0.25, 0.3) is 0 Å². The van der Waals surface area contributed by atoms with Crippen molar-refractivity contribution in [3.05, 3.63) is 18.2 Å². The predicted molar refractivity (Wildman–Crippen MR) is 70.9 cm³/mol. The lowest BCUT2D eigenvalue weighted by Crippen LogP contribution is -2.54. The molecule has 2 aliphatic heterocycles. The standard InChI is InChI=1S/C14H21N3O3/c18-12-1-2-14(19-7-8-20-14)9-11(12)17-6-5-16-4-3-15-13(16)10-17/h3-4,11-12,18H,1-2,5-10H2. The second-order valence-electron chi connectivity index (χ2n) is 5.99. The summed E-state index contributed by atoms with van der Waals surface area (Å²) in [5.74, 6) is 0.632. The summed E-state index contributed by atoms with van der Waals surface area (Å²) in [6.07, 6.45) is 5.88. The van der Waals surface area contributed by atoms with E-state index in [0.29, 0.717) is 13.2 Å². The van der Waals surface area contributed by atoms with Gasteiger partial charge in [0.1, 0.15) is 5.82 Å². The Morgan fingerprint density at radius 2 is 2.15 bits per heavy atom. The molecule has 3 aliphatic rings. The van der Waals surface area contributed by atoms with Crippen LogP contribution in [-0.4, -0.2) is 57.2 Å². The van der Waals surface area contributed by atoms with Crippen molar-refractivity contribution in [3.8, 4) is 0 Å². The molecular weight excluding hydrogens is 258 g/mol. The molecule has 2 fully saturated rings. The van der Waals surface area contributed by atoms with Crippen LogP contribution in [0.2, 0.25) is 0 Å². The third-order valence-electron chi connectivity index (χ3n) is 4.84. The fourth-order valence-corrected chi connectivity index (χ4v) is 3.72. The van der Waals surface area contributed by atoms with E-state index >= 15 is 0 Å². The zero-order valence-corrected chi connectivity index (χ0v) is 11.6. The quantitative estimate of drug-likeness (QED) is 0.804. The van der Waals surface area contributed by atoms with Gasteiger partial charge in [0.2, 0.25) is 0 Å². The molecule has 2 atom stereocenters. The third-order valence-corrected chi connectivity index (χ3v) is 4.84. The molecule has 3 heterocycles. The number of aromatic nitrogens is 2. The van der Waals surface area contributed by atoms with E-state index in [9.17, 15) is 5.11 Å². The van der Waals surface area contributed by atoms with Crippen LogP contribution in [0, 0.1) is 0 Å². The van der Waals surface area contributed by atoms with Gasteiger partial charge in [-0.15, -0.1) is 0 Å². The number of nitrogens with zero attached hydrogens (tertiary/aromatic N) is 3. The summed E-state index contributed by atoms with van der Waals surface area (Å²) in [5.41, 5.74) is 0. The molecule has 6 heteroatoms. The van der Waals surface area contributed by atoms with Crippen LogP contribution in [0.4, 0.5) is 0 Å².